The first-order chi connectivity index (χ1) is 22.6. The van der Waals surface area contributed by atoms with E-state index >= 15 is 0 Å². The molecule has 1 aromatic heterocycles. The number of carbonyl (C=O) groups excluding carboxylic acids is 2. The van der Waals surface area contributed by atoms with E-state index < -0.39 is 12.1 Å². The van der Waals surface area contributed by atoms with Crippen molar-refractivity contribution < 1.29 is 19.1 Å². The van der Waals surface area contributed by atoms with Gasteiger partial charge in [-0.3, -0.25) is 14.6 Å². The second-order valence-corrected chi connectivity index (χ2v) is 11.7. The number of hydrogen-bond donors (Lipinski definition) is 2. The van der Waals surface area contributed by atoms with Gasteiger partial charge in [-0.25, -0.2) is 9.78 Å². The maximum atomic E-state index is 14.6. The number of amides is 3. The van der Waals surface area contributed by atoms with Gasteiger partial charge in [-0.15, -0.1) is 0 Å². The molecular formula is C34H35Cl2N7O4. The van der Waals surface area contributed by atoms with Gasteiger partial charge in [0.15, 0.2) is 0 Å². The van der Waals surface area contributed by atoms with Crippen molar-refractivity contribution in [1.82, 2.24) is 14.9 Å². The summed E-state index contributed by atoms with van der Waals surface area (Å²) in [5.41, 5.74) is 3.00. The van der Waals surface area contributed by atoms with Crippen molar-refractivity contribution in [2.24, 2.45) is 0 Å². The molecule has 0 bridgehead atoms. The van der Waals surface area contributed by atoms with Crippen LogP contribution >= 0.6 is 23.2 Å². The Bertz CT molecular complexity index is 1770. The lowest BCUT2D eigenvalue weighted by Crippen LogP contribution is -2.49. The van der Waals surface area contributed by atoms with Crippen LogP contribution in [0.3, 0.4) is 0 Å². The van der Waals surface area contributed by atoms with Crippen molar-refractivity contribution in [2.45, 2.75) is 19.5 Å². The zero-order valence-corrected chi connectivity index (χ0v) is 28.1. The molecule has 0 radical (unpaired) electrons. The van der Waals surface area contributed by atoms with Crippen LogP contribution in [0.1, 0.15) is 24.1 Å². The number of urea groups is 1. The lowest BCUT2D eigenvalue weighted by molar-refractivity contribution is -0.111. The van der Waals surface area contributed by atoms with Crippen molar-refractivity contribution in [3.05, 3.63) is 100 Å². The standard InChI is InChI=1S/C34H35Cl2N7O4/c1-21(22-11-9-14-25(17-22)38-28(44)15-10-16-41(2)3)43-32-23(19-37-33(40-32)39-24-12-7-6-8-13-24)20-42(34(43)45)31-29(35)26(46-4)18-27(47-5)30(31)36/h6-15,17-19,21H,16,20H2,1-5H3,(H,38,44)(H,37,39,40)/b15-10+. The third kappa shape index (κ3) is 7.43. The second-order valence-electron chi connectivity index (χ2n) is 11.0. The van der Waals surface area contributed by atoms with E-state index in [0.29, 0.717) is 41.1 Å². The third-order valence-corrected chi connectivity index (χ3v) is 8.18. The Morgan fingerprint density at radius 1 is 1.02 bits per heavy atom. The Balaban J connectivity index is 1.57. The summed E-state index contributed by atoms with van der Waals surface area (Å²) in [5, 5.41) is 6.41. The fourth-order valence-corrected chi connectivity index (χ4v) is 5.81. The molecule has 0 saturated carbocycles. The maximum absolute atomic E-state index is 14.6. The molecule has 1 atom stereocenters. The van der Waals surface area contributed by atoms with Crippen LogP contribution in [0.15, 0.2) is 79.0 Å². The van der Waals surface area contributed by atoms with Gasteiger partial charge in [0.1, 0.15) is 27.4 Å². The lowest BCUT2D eigenvalue weighted by Gasteiger charge is -2.40. The largest absolute Gasteiger partial charge is 0.495 e. The van der Waals surface area contributed by atoms with Gasteiger partial charge < -0.3 is 25.0 Å². The number of nitrogens with one attached hydrogen (secondary N) is 2. The zero-order chi connectivity index (χ0) is 33.7. The molecule has 2 heterocycles. The minimum atomic E-state index is -0.560. The van der Waals surface area contributed by atoms with Gasteiger partial charge in [-0.1, -0.05) is 59.6 Å². The molecule has 3 aromatic carbocycles. The number of halogens is 2. The van der Waals surface area contributed by atoms with Crippen molar-refractivity contribution in [3.8, 4) is 11.5 Å². The van der Waals surface area contributed by atoms with Gasteiger partial charge >= 0.3 is 6.03 Å². The Morgan fingerprint density at radius 3 is 2.36 bits per heavy atom. The van der Waals surface area contributed by atoms with Crippen LogP contribution in [-0.2, 0) is 11.3 Å². The number of methoxy groups -OCH3 is 2. The van der Waals surface area contributed by atoms with Gasteiger partial charge in [-0.2, -0.15) is 4.98 Å². The molecular weight excluding hydrogens is 641 g/mol. The SMILES string of the molecule is COc1cc(OC)c(Cl)c(N2Cc3cnc(Nc4ccccc4)nc3N(C(C)c3cccc(NC(=O)/C=C/CN(C)C)c3)C2=O)c1Cl. The first-order valence-corrected chi connectivity index (χ1v) is 15.5. The third-order valence-electron chi connectivity index (χ3n) is 7.45. The Labute approximate surface area is 283 Å². The summed E-state index contributed by atoms with van der Waals surface area (Å²) in [6, 6.07) is 17.4. The number of hydrogen-bond acceptors (Lipinski definition) is 8. The van der Waals surface area contributed by atoms with Crippen LogP contribution in [-0.4, -0.2) is 61.7 Å². The van der Waals surface area contributed by atoms with E-state index in [-0.39, 0.29) is 28.2 Å². The molecule has 11 nitrogen and oxygen atoms in total. The summed E-state index contributed by atoms with van der Waals surface area (Å²) in [6.45, 7) is 2.59. The number of para-hydroxylation sites is 1. The minimum Gasteiger partial charge on any atom is -0.495 e. The monoisotopic (exact) mass is 675 g/mol. The number of anilines is 5. The molecule has 5 rings (SSSR count). The number of rotatable bonds is 11. The number of ether oxygens (including phenoxy) is 2. The molecule has 244 valence electrons. The van der Waals surface area contributed by atoms with Crippen LogP contribution in [0.5, 0.6) is 11.5 Å². The second kappa shape index (κ2) is 14.7. The Hall–Kier alpha value is -4.84. The minimum absolute atomic E-state index is 0.0775. The van der Waals surface area contributed by atoms with Gasteiger partial charge in [0, 0.05) is 41.8 Å². The predicted molar refractivity (Wildman–Crippen MR) is 187 cm³/mol. The average molecular weight is 677 g/mol. The van der Waals surface area contributed by atoms with E-state index in [4.69, 9.17) is 37.7 Å². The van der Waals surface area contributed by atoms with E-state index in [1.807, 2.05) is 74.4 Å². The van der Waals surface area contributed by atoms with Crippen molar-refractivity contribution in [3.63, 3.8) is 0 Å². The molecule has 1 aliphatic heterocycles. The van der Waals surface area contributed by atoms with Crippen LogP contribution in [0, 0.1) is 0 Å². The average Bonchev–Trinajstić information content (AvgIpc) is 3.05. The predicted octanol–water partition coefficient (Wildman–Crippen LogP) is 7.31. The van der Waals surface area contributed by atoms with Crippen LogP contribution in [0.4, 0.5) is 33.6 Å². The molecule has 0 saturated heterocycles. The van der Waals surface area contributed by atoms with E-state index in [1.54, 1.807) is 29.3 Å². The number of carbonyl (C=O) groups is 2. The molecule has 3 amide bonds. The van der Waals surface area contributed by atoms with Crippen molar-refractivity contribution in [1.29, 1.82) is 0 Å². The number of fused-ring (bicyclic) bond motifs is 1. The maximum Gasteiger partial charge on any atom is 0.331 e. The summed E-state index contributed by atoms with van der Waals surface area (Å²) in [6.07, 6.45) is 4.94. The summed E-state index contributed by atoms with van der Waals surface area (Å²) < 4.78 is 11.0. The highest BCUT2D eigenvalue weighted by Gasteiger charge is 2.39. The van der Waals surface area contributed by atoms with Crippen LogP contribution < -0.4 is 29.9 Å². The molecule has 13 heteroatoms. The fourth-order valence-electron chi connectivity index (χ4n) is 5.10. The van der Waals surface area contributed by atoms with Crippen molar-refractivity contribution >= 4 is 64.0 Å². The van der Waals surface area contributed by atoms with Crippen LogP contribution in [0.2, 0.25) is 10.0 Å². The van der Waals surface area contributed by atoms with Crippen molar-refractivity contribution in [2.75, 3.05) is 55.3 Å². The molecule has 1 aliphatic rings. The highest BCUT2D eigenvalue weighted by Crippen LogP contribution is 2.48. The number of nitrogens with zero attached hydrogens (tertiary/aromatic N) is 5. The molecule has 0 aliphatic carbocycles. The topological polar surface area (TPSA) is 112 Å². The van der Waals surface area contributed by atoms with E-state index in [2.05, 4.69) is 15.6 Å². The quantitative estimate of drug-likeness (QED) is 0.159. The van der Waals surface area contributed by atoms with Gasteiger partial charge in [0.2, 0.25) is 11.9 Å². The summed E-state index contributed by atoms with van der Waals surface area (Å²) in [7, 11) is 6.79. The Kier molecular flexibility index (Phi) is 10.5. The van der Waals surface area contributed by atoms with Gasteiger partial charge in [-0.05, 0) is 50.8 Å². The molecule has 0 fully saturated rings. The number of likely N-dealkylation sites (N-methyl/N-ethyl adjacent to an activating group) is 1. The highest BCUT2D eigenvalue weighted by molar-refractivity contribution is 6.42. The Morgan fingerprint density at radius 2 is 1.70 bits per heavy atom. The van der Waals surface area contributed by atoms with Gasteiger partial charge in [0.25, 0.3) is 0 Å². The summed E-state index contributed by atoms with van der Waals surface area (Å²) in [5.74, 6) is 1.06. The fraction of sp³-hybridized carbons (Fsp3) is 0.235. The first kappa shape index (κ1) is 33.5. The number of benzene rings is 3. The van der Waals surface area contributed by atoms with Crippen LogP contribution in [0.25, 0.3) is 0 Å². The molecule has 1 unspecified atom stereocenters. The van der Waals surface area contributed by atoms with Gasteiger partial charge in [0.05, 0.1) is 32.5 Å². The molecule has 47 heavy (non-hydrogen) atoms. The summed E-state index contributed by atoms with van der Waals surface area (Å²) in [4.78, 5) is 41.5. The smallest absolute Gasteiger partial charge is 0.331 e. The molecule has 0 spiro atoms. The van der Waals surface area contributed by atoms with E-state index in [0.717, 1.165) is 11.3 Å². The van der Waals surface area contributed by atoms with E-state index in [9.17, 15) is 9.59 Å². The summed E-state index contributed by atoms with van der Waals surface area (Å²) >= 11 is 13.6. The molecule has 2 N–H and O–H groups in total. The zero-order valence-electron chi connectivity index (χ0n) is 26.6. The molecule has 4 aromatic rings. The first-order valence-electron chi connectivity index (χ1n) is 14.7. The highest BCUT2D eigenvalue weighted by atomic mass is 35.5. The van der Waals surface area contributed by atoms with E-state index in [1.165, 1.54) is 25.2 Å². The lowest BCUT2D eigenvalue weighted by atomic mass is 10.0. The normalized spacial score (nSPS) is 13.5. The number of aromatic nitrogens is 2.